The highest BCUT2D eigenvalue weighted by Crippen LogP contribution is 2.48. The van der Waals surface area contributed by atoms with Crippen LogP contribution in [0.2, 0.25) is 18.1 Å². The van der Waals surface area contributed by atoms with E-state index < -0.39 is 37.7 Å². The number of fused-ring (bicyclic) bond motifs is 1. The Balaban J connectivity index is 1.35. The van der Waals surface area contributed by atoms with Crippen molar-refractivity contribution in [2.45, 2.75) is 68.3 Å². The SMILES string of the molecule is COc1ccc(C(O[C@@H]2[C@@H](Cl)[C@@H](CO[Si](C)(C)C(C)(C)C)O[C@H]2n2cnc3c(NC(=O)c4ccccc4)ncnc32)(c2ccccc2)c2ccccc2)cc1. The van der Waals surface area contributed by atoms with E-state index in [0.29, 0.717) is 16.7 Å². The van der Waals surface area contributed by atoms with Crippen molar-refractivity contribution < 1.29 is 23.4 Å². The number of nitrogens with zero attached hydrogens (tertiary/aromatic N) is 4. The predicted octanol–water partition coefficient (Wildman–Crippen LogP) is 8.99. The number of amides is 1. The molecule has 6 aromatic rings. The molecule has 55 heavy (non-hydrogen) atoms. The van der Waals surface area contributed by atoms with E-state index in [1.807, 2.05) is 71.3 Å². The summed E-state index contributed by atoms with van der Waals surface area (Å²) in [5, 5.41) is 2.21. The van der Waals surface area contributed by atoms with Gasteiger partial charge >= 0.3 is 0 Å². The van der Waals surface area contributed by atoms with Crippen molar-refractivity contribution in [1.29, 1.82) is 0 Å². The first-order valence-electron chi connectivity index (χ1n) is 18.3. The van der Waals surface area contributed by atoms with Gasteiger partial charge in [-0.2, -0.15) is 0 Å². The van der Waals surface area contributed by atoms with E-state index in [9.17, 15) is 4.79 Å². The van der Waals surface area contributed by atoms with Crippen LogP contribution in [0.15, 0.2) is 128 Å². The minimum atomic E-state index is -2.19. The molecule has 0 bridgehead atoms. The first-order chi connectivity index (χ1) is 26.4. The van der Waals surface area contributed by atoms with Crippen molar-refractivity contribution in [2.24, 2.45) is 0 Å². The number of methoxy groups -OCH3 is 1. The molecule has 10 nitrogen and oxygen atoms in total. The largest absolute Gasteiger partial charge is 0.497 e. The molecule has 0 aliphatic carbocycles. The van der Waals surface area contributed by atoms with Crippen LogP contribution >= 0.6 is 11.6 Å². The second-order valence-electron chi connectivity index (χ2n) is 15.2. The number of ether oxygens (including phenoxy) is 3. The Bertz CT molecular complexity index is 2180. The number of alkyl halides is 1. The molecule has 12 heteroatoms. The highest BCUT2D eigenvalue weighted by molar-refractivity contribution is 6.74. The summed E-state index contributed by atoms with van der Waals surface area (Å²) >= 11 is 7.58. The number of halogens is 1. The van der Waals surface area contributed by atoms with Crippen LogP contribution in [0.5, 0.6) is 5.75 Å². The lowest BCUT2D eigenvalue weighted by atomic mass is 9.79. The van der Waals surface area contributed by atoms with Crippen LogP contribution in [0.1, 0.15) is 54.0 Å². The molecule has 0 spiro atoms. The van der Waals surface area contributed by atoms with Crippen LogP contribution in [-0.2, 0) is 19.5 Å². The summed E-state index contributed by atoms with van der Waals surface area (Å²) < 4.78 is 28.6. The van der Waals surface area contributed by atoms with Crippen molar-refractivity contribution >= 4 is 42.8 Å². The smallest absolute Gasteiger partial charge is 0.256 e. The molecule has 2 aromatic heterocycles. The van der Waals surface area contributed by atoms with Gasteiger partial charge in [0.2, 0.25) is 0 Å². The van der Waals surface area contributed by atoms with E-state index in [1.54, 1.807) is 37.7 Å². The Kier molecular flexibility index (Phi) is 10.9. The lowest BCUT2D eigenvalue weighted by molar-refractivity contribution is -0.108. The van der Waals surface area contributed by atoms with Gasteiger partial charge in [-0.25, -0.2) is 15.0 Å². The number of aromatic nitrogens is 4. The molecule has 0 radical (unpaired) electrons. The van der Waals surface area contributed by atoms with E-state index >= 15 is 0 Å². The number of carbonyl (C=O) groups is 1. The minimum Gasteiger partial charge on any atom is -0.497 e. The summed E-state index contributed by atoms with van der Waals surface area (Å²) in [5.74, 6) is 0.681. The van der Waals surface area contributed by atoms with Crippen LogP contribution in [0, 0.1) is 0 Å². The number of carbonyl (C=O) groups excluding carboxylic acids is 1. The highest BCUT2D eigenvalue weighted by Gasteiger charge is 2.52. The highest BCUT2D eigenvalue weighted by atomic mass is 35.5. The predicted molar refractivity (Wildman–Crippen MR) is 217 cm³/mol. The second-order valence-corrected chi connectivity index (χ2v) is 20.5. The van der Waals surface area contributed by atoms with Crippen molar-refractivity contribution in [3.8, 4) is 5.75 Å². The van der Waals surface area contributed by atoms with Gasteiger partial charge in [-0.15, -0.1) is 11.6 Å². The van der Waals surface area contributed by atoms with Gasteiger partial charge in [-0.1, -0.05) is 112 Å². The lowest BCUT2D eigenvalue weighted by Crippen LogP contribution is -2.45. The lowest BCUT2D eigenvalue weighted by Gasteiger charge is -2.40. The minimum absolute atomic E-state index is 0.0229. The number of imidazole rings is 1. The Morgan fingerprint density at radius 2 is 1.42 bits per heavy atom. The molecule has 1 fully saturated rings. The van der Waals surface area contributed by atoms with E-state index in [1.165, 1.54) is 6.33 Å². The third kappa shape index (κ3) is 7.55. The van der Waals surface area contributed by atoms with Crippen LogP contribution in [0.3, 0.4) is 0 Å². The fourth-order valence-electron chi connectivity index (χ4n) is 6.66. The van der Waals surface area contributed by atoms with E-state index in [-0.39, 0.29) is 23.4 Å². The molecule has 7 rings (SSSR count). The number of benzene rings is 4. The van der Waals surface area contributed by atoms with Crippen molar-refractivity contribution in [1.82, 2.24) is 19.5 Å². The molecule has 3 heterocycles. The zero-order valence-corrected chi connectivity index (χ0v) is 33.6. The summed E-state index contributed by atoms with van der Waals surface area (Å²) in [6.45, 7) is 11.3. The maximum atomic E-state index is 13.2. The molecule has 1 aliphatic heterocycles. The Morgan fingerprint density at radius 1 is 0.836 bits per heavy atom. The van der Waals surface area contributed by atoms with Gasteiger partial charge in [-0.05, 0) is 59.1 Å². The molecule has 284 valence electrons. The molecule has 4 aromatic carbocycles. The molecule has 1 amide bonds. The zero-order valence-electron chi connectivity index (χ0n) is 31.8. The van der Waals surface area contributed by atoms with Crippen molar-refractivity contribution in [3.63, 3.8) is 0 Å². The number of hydrogen-bond acceptors (Lipinski definition) is 8. The average Bonchev–Trinajstić information content (AvgIpc) is 3.77. The van der Waals surface area contributed by atoms with Crippen LogP contribution in [-0.4, -0.2) is 65.0 Å². The number of hydrogen-bond donors (Lipinski definition) is 1. The van der Waals surface area contributed by atoms with Gasteiger partial charge in [0.05, 0.1) is 25.4 Å². The molecule has 1 saturated heterocycles. The molecular formula is C43H46ClN5O5Si. The fourth-order valence-corrected chi connectivity index (χ4v) is 7.99. The quantitative estimate of drug-likeness (QED) is 0.0746. The Labute approximate surface area is 327 Å². The van der Waals surface area contributed by atoms with Gasteiger partial charge in [0.15, 0.2) is 31.5 Å². The summed E-state index contributed by atoms with van der Waals surface area (Å²) in [4.78, 5) is 26.9. The van der Waals surface area contributed by atoms with Gasteiger partial charge in [-0.3, -0.25) is 9.36 Å². The van der Waals surface area contributed by atoms with E-state index in [4.69, 9.17) is 35.2 Å². The number of rotatable bonds is 12. The monoisotopic (exact) mass is 775 g/mol. The first kappa shape index (κ1) is 38.4. The van der Waals surface area contributed by atoms with Gasteiger partial charge in [0, 0.05) is 5.56 Å². The third-order valence-electron chi connectivity index (χ3n) is 10.7. The number of anilines is 1. The Morgan fingerprint density at radius 3 is 2.00 bits per heavy atom. The maximum Gasteiger partial charge on any atom is 0.256 e. The third-order valence-corrected chi connectivity index (χ3v) is 15.8. The molecule has 0 unspecified atom stereocenters. The van der Waals surface area contributed by atoms with Crippen molar-refractivity contribution in [3.05, 3.63) is 150 Å². The van der Waals surface area contributed by atoms with Gasteiger partial charge in [0.25, 0.3) is 5.91 Å². The maximum absolute atomic E-state index is 13.2. The topological polar surface area (TPSA) is 110 Å². The van der Waals surface area contributed by atoms with Crippen LogP contribution in [0.4, 0.5) is 5.82 Å². The van der Waals surface area contributed by atoms with Gasteiger partial charge < -0.3 is 24.0 Å². The molecule has 1 aliphatic rings. The Hall–Kier alpha value is -4.91. The molecule has 0 saturated carbocycles. The number of nitrogens with one attached hydrogen (secondary N) is 1. The zero-order chi connectivity index (χ0) is 38.8. The normalized spacial score (nSPS) is 19.0. The summed E-state index contributed by atoms with van der Waals surface area (Å²) in [7, 11) is -0.544. The first-order valence-corrected chi connectivity index (χ1v) is 21.7. The second kappa shape index (κ2) is 15.7. The summed E-state index contributed by atoms with van der Waals surface area (Å²) in [6.07, 6.45) is 0.907. The van der Waals surface area contributed by atoms with Crippen LogP contribution in [0.25, 0.3) is 11.2 Å². The summed E-state index contributed by atoms with van der Waals surface area (Å²) in [6, 6.07) is 37.1. The van der Waals surface area contributed by atoms with Crippen molar-refractivity contribution in [2.75, 3.05) is 19.0 Å². The molecule has 1 N–H and O–H groups in total. The average molecular weight is 776 g/mol. The van der Waals surface area contributed by atoms with Gasteiger partial charge in [0.1, 0.15) is 29.9 Å². The van der Waals surface area contributed by atoms with E-state index in [0.717, 1.165) is 22.4 Å². The standard InChI is InChI=1S/C43H46ClN5O5Si/c1-42(2,3)55(5,6)52-26-34-35(44)37(41(53-34)49-28-47-36-38(45-27-46-39(36)49)48-40(50)29-16-10-7-11-17-29)54-43(30-18-12-8-13-19-30,31-20-14-9-15-21-31)32-22-24-33(51-4)25-23-32/h7-25,27-28,34-35,37,41H,26H2,1-6H3,(H,45,46,48,50)/t34-,35+,37-,41-/m1/s1. The molecule has 4 atom stereocenters. The van der Waals surface area contributed by atoms with Crippen LogP contribution < -0.4 is 10.1 Å². The summed E-state index contributed by atoms with van der Waals surface area (Å²) in [5.41, 5.74) is 2.86. The van der Waals surface area contributed by atoms with E-state index in [2.05, 4.69) is 73.4 Å². The fraction of sp³-hybridized carbons (Fsp3) is 0.302. The molecular weight excluding hydrogens is 730 g/mol.